The number of nitrogens with zero attached hydrogens (tertiary/aromatic N) is 1. The van der Waals surface area contributed by atoms with Gasteiger partial charge in [-0.2, -0.15) is 0 Å². The monoisotopic (exact) mass is 324 g/mol. The van der Waals surface area contributed by atoms with Crippen molar-refractivity contribution >= 4 is 33.7 Å². The van der Waals surface area contributed by atoms with Crippen molar-refractivity contribution < 1.29 is 14.4 Å². The average Bonchev–Trinajstić information content (AvgIpc) is 2.60. The summed E-state index contributed by atoms with van der Waals surface area (Å²) in [6, 6.07) is 4.58. The van der Waals surface area contributed by atoms with Crippen LogP contribution in [0.3, 0.4) is 0 Å². The molecule has 1 aromatic rings. The zero-order valence-corrected chi connectivity index (χ0v) is 12.2. The van der Waals surface area contributed by atoms with E-state index in [2.05, 4.69) is 21.2 Å². The first-order valence-electron chi connectivity index (χ1n) is 5.77. The Morgan fingerprint density at radius 2 is 2.11 bits per heavy atom. The van der Waals surface area contributed by atoms with Crippen molar-refractivity contribution in [3.05, 3.63) is 33.8 Å². The van der Waals surface area contributed by atoms with Crippen LogP contribution in [0.1, 0.15) is 22.3 Å². The molecule has 1 aliphatic heterocycles. The third-order valence-electron chi connectivity index (χ3n) is 3.13. The smallest absolute Gasteiger partial charge is 0.252 e. The number of amides is 3. The van der Waals surface area contributed by atoms with E-state index in [0.717, 1.165) is 14.9 Å². The molecule has 100 valence electrons. The topological polar surface area (TPSA) is 66.5 Å². The van der Waals surface area contributed by atoms with E-state index in [-0.39, 0.29) is 24.1 Å². The molecule has 1 fully saturated rings. The second-order valence-electron chi connectivity index (χ2n) is 4.48. The lowest BCUT2D eigenvalue weighted by atomic mass is 10.1. The van der Waals surface area contributed by atoms with Gasteiger partial charge >= 0.3 is 0 Å². The molecular weight excluding hydrogens is 312 g/mol. The molecule has 1 heterocycles. The van der Waals surface area contributed by atoms with E-state index in [9.17, 15) is 14.4 Å². The number of carbonyl (C=O) groups is 3. The van der Waals surface area contributed by atoms with Crippen LogP contribution in [0.2, 0.25) is 0 Å². The number of aryl methyl sites for hydroxylation is 1. The normalized spacial score (nSPS) is 18.9. The molecule has 1 aromatic carbocycles. The molecule has 1 aliphatic rings. The molecule has 1 unspecified atom stereocenters. The molecule has 0 radical (unpaired) electrons. The molecule has 0 spiro atoms. The summed E-state index contributed by atoms with van der Waals surface area (Å²) in [5.74, 6) is -0.993. The largest absolute Gasteiger partial charge is 0.340 e. The quantitative estimate of drug-likeness (QED) is 0.832. The van der Waals surface area contributed by atoms with E-state index >= 15 is 0 Å². The third kappa shape index (κ3) is 2.68. The molecule has 0 saturated carbocycles. The van der Waals surface area contributed by atoms with Crippen LogP contribution in [0.4, 0.5) is 0 Å². The van der Waals surface area contributed by atoms with Gasteiger partial charge in [0.1, 0.15) is 6.04 Å². The van der Waals surface area contributed by atoms with Gasteiger partial charge in [-0.3, -0.25) is 19.3 Å². The highest BCUT2D eigenvalue weighted by Gasteiger charge is 2.37. The number of benzene rings is 1. The van der Waals surface area contributed by atoms with Crippen molar-refractivity contribution in [2.24, 2.45) is 0 Å². The Labute approximate surface area is 119 Å². The number of rotatable bonds is 2. The fourth-order valence-electron chi connectivity index (χ4n) is 1.94. The van der Waals surface area contributed by atoms with Gasteiger partial charge in [0.15, 0.2) is 0 Å². The van der Waals surface area contributed by atoms with E-state index in [4.69, 9.17) is 0 Å². The molecule has 3 amide bonds. The highest BCUT2D eigenvalue weighted by Crippen LogP contribution is 2.17. The molecule has 0 bridgehead atoms. The van der Waals surface area contributed by atoms with Crippen LogP contribution in [0, 0.1) is 6.92 Å². The molecule has 0 aliphatic carbocycles. The van der Waals surface area contributed by atoms with E-state index in [0.29, 0.717) is 5.56 Å². The van der Waals surface area contributed by atoms with E-state index in [1.165, 1.54) is 7.05 Å². The van der Waals surface area contributed by atoms with E-state index in [1.54, 1.807) is 6.07 Å². The Hall–Kier alpha value is -1.69. The molecule has 1 saturated heterocycles. The van der Waals surface area contributed by atoms with Crippen molar-refractivity contribution in [3.8, 4) is 0 Å². The highest BCUT2D eigenvalue weighted by atomic mass is 79.9. The predicted molar refractivity (Wildman–Crippen MR) is 72.5 cm³/mol. The number of imide groups is 1. The fraction of sp³-hybridized carbons (Fsp3) is 0.308. The van der Waals surface area contributed by atoms with Gasteiger partial charge in [-0.05, 0) is 24.6 Å². The van der Waals surface area contributed by atoms with Crippen molar-refractivity contribution in [1.29, 1.82) is 0 Å². The van der Waals surface area contributed by atoms with E-state index < -0.39 is 6.04 Å². The van der Waals surface area contributed by atoms with Gasteiger partial charge in [0.2, 0.25) is 5.91 Å². The van der Waals surface area contributed by atoms with Crippen LogP contribution in [0.25, 0.3) is 0 Å². The Balaban J connectivity index is 2.16. The minimum atomic E-state index is -0.761. The van der Waals surface area contributed by atoms with Gasteiger partial charge in [-0.15, -0.1) is 0 Å². The number of nitrogens with one attached hydrogen (secondary N) is 1. The van der Waals surface area contributed by atoms with Crippen LogP contribution >= 0.6 is 15.9 Å². The summed E-state index contributed by atoms with van der Waals surface area (Å²) in [7, 11) is 1.42. The summed E-state index contributed by atoms with van der Waals surface area (Å²) in [5.41, 5.74) is 1.30. The van der Waals surface area contributed by atoms with Crippen LogP contribution < -0.4 is 5.32 Å². The Kier molecular flexibility index (Phi) is 3.71. The zero-order valence-electron chi connectivity index (χ0n) is 10.6. The van der Waals surface area contributed by atoms with Gasteiger partial charge in [-0.1, -0.05) is 22.0 Å². The lowest BCUT2D eigenvalue weighted by molar-refractivity contribution is -0.137. The molecule has 6 heteroatoms. The third-order valence-corrected chi connectivity index (χ3v) is 3.62. The first-order chi connectivity index (χ1) is 8.90. The van der Waals surface area contributed by atoms with Crippen LogP contribution in [-0.2, 0) is 9.59 Å². The van der Waals surface area contributed by atoms with Crippen LogP contribution in [0.15, 0.2) is 22.7 Å². The Bertz CT molecular complexity index is 571. The predicted octanol–water partition coefficient (Wildman–Crippen LogP) is 1.24. The summed E-state index contributed by atoms with van der Waals surface area (Å²) >= 11 is 3.30. The molecule has 0 aromatic heterocycles. The highest BCUT2D eigenvalue weighted by molar-refractivity contribution is 9.10. The number of likely N-dealkylation sites (N-methyl/N-ethyl adjacent to an activating group) is 1. The molecule has 1 atom stereocenters. The van der Waals surface area contributed by atoms with Gasteiger partial charge in [-0.25, -0.2) is 0 Å². The van der Waals surface area contributed by atoms with Crippen LogP contribution in [0.5, 0.6) is 0 Å². The van der Waals surface area contributed by atoms with Crippen molar-refractivity contribution in [2.45, 2.75) is 19.4 Å². The summed E-state index contributed by atoms with van der Waals surface area (Å²) < 4.78 is 0.786. The minimum Gasteiger partial charge on any atom is -0.340 e. The van der Waals surface area contributed by atoms with Gasteiger partial charge < -0.3 is 5.32 Å². The molecule has 1 N–H and O–H groups in total. The standard InChI is InChI=1S/C13H13BrN2O3/c1-7-3-4-8(14)5-9(7)12(18)15-10-6-11(17)16(2)13(10)19/h3-5,10H,6H2,1-2H3,(H,15,18). The van der Waals surface area contributed by atoms with Crippen molar-refractivity contribution in [1.82, 2.24) is 10.2 Å². The Morgan fingerprint density at radius 1 is 1.42 bits per heavy atom. The lowest BCUT2D eigenvalue weighted by Crippen LogP contribution is -2.40. The van der Waals surface area contributed by atoms with E-state index in [1.807, 2.05) is 19.1 Å². The number of hydrogen-bond acceptors (Lipinski definition) is 3. The number of likely N-dealkylation sites (tertiary alicyclic amines) is 1. The first-order valence-corrected chi connectivity index (χ1v) is 6.57. The summed E-state index contributed by atoms with van der Waals surface area (Å²) in [6.45, 7) is 1.81. The Morgan fingerprint density at radius 3 is 2.68 bits per heavy atom. The average molecular weight is 325 g/mol. The molecule has 19 heavy (non-hydrogen) atoms. The first kappa shape index (κ1) is 13.7. The van der Waals surface area contributed by atoms with Crippen molar-refractivity contribution in [3.63, 3.8) is 0 Å². The maximum absolute atomic E-state index is 12.1. The van der Waals surface area contributed by atoms with Gasteiger partial charge in [0, 0.05) is 17.1 Å². The maximum Gasteiger partial charge on any atom is 0.252 e. The second-order valence-corrected chi connectivity index (χ2v) is 5.40. The lowest BCUT2D eigenvalue weighted by Gasteiger charge is -2.12. The SMILES string of the molecule is Cc1ccc(Br)cc1C(=O)NC1CC(=O)N(C)C1=O. The van der Waals surface area contributed by atoms with Gasteiger partial charge in [0.05, 0.1) is 6.42 Å². The summed E-state index contributed by atoms with van der Waals surface area (Å²) in [6.07, 6.45) is 0.0219. The number of hydrogen-bond donors (Lipinski definition) is 1. The fourth-order valence-corrected chi connectivity index (χ4v) is 2.30. The second kappa shape index (κ2) is 5.13. The number of halogens is 1. The minimum absolute atomic E-state index is 0.0219. The van der Waals surface area contributed by atoms with Crippen LogP contribution in [-0.4, -0.2) is 35.7 Å². The van der Waals surface area contributed by atoms with Gasteiger partial charge in [0.25, 0.3) is 11.8 Å². The summed E-state index contributed by atoms with van der Waals surface area (Å²) in [4.78, 5) is 36.3. The number of carbonyl (C=O) groups excluding carboxylic acids is 3. The molecule has 2 rings (SSSR count). The maximum atomic E-state index is 12.1. The zero-order chi connectivity index (χ0) is 14.2. The van der Waals surface area contributed by atoms with Crippen molar-refractivity contribution in [2.75, 3.05) is 7.05 Å². The summed E-state index contributed by atoms with van der Waals surface area (Å²) in [5, 5.41) is 2.60. The molecule has 5 nitrogen and oxygen atoms in total. The molecular formula is C13H13BrN2O3.